The van der Waals surface area contributed by atoms with Crippen LogP contribution in [0.5, 0.6) is 0 Å². The van der Waals surface area contributed by atoms with Gasteiger partial charge >= 0.3 is 17.9 Å². The SMILES string of the molecule is CN(CCSc1ccc2ncc([N+](=O)[O-])n2n1)C(=O)C(F)(F)F. The van der Waals surface area contributed by atoms with Crippen molar-refractivity contribution in [3.63, 3.8) is 0 Å². The van der Waals surface area contributed by atoms with Crippen LogP contribution in [-0.4, -0.2) is 55.9 Å². The van der Waals surface area contributed by atoms with Crippen LogP contribution in [0.2, 0.25) is 0 Å². The molecule has 0 saturated heterocycles. The largest absolute Gasteiger partial charge is 0.471 e. The summed E-state index contributed by atoms with van der Waals surface area (Å²) in [7, 11) is 1.05. The molecule has 8 nitrogen and oxygen atoms in total. The molecule has 1 amide bonds. The lowest BCUT2D eigenvalue weighted by Crippen LogP contribution is -2.39. The van der Waals surface area contributed by atoms with Gasteiger partial charge in [0.1, 0.15) is 11.2 Å². The van der Waals surface area contributed by atoms with Gasteiger partial charge in [0.15, 0.2) is 0 Å². The lowest BCUT2D eigenvalue weighted by molar-refractivity contribution is -0.391. The summed E-state index contributed by atoms with van der Waals surface area (Å²) in [6.07, 6.45) is -3.85. The predicted molar refractivity (Wildman–Crippen MR) is 74.1 cm³/mol. The summed E-state index contributed by atoms with van der Waals surface area (Å²) in [4.78, 5) is 25.5. The number of fused-ring (bicyclic) bond motifs is 1. The van der Waals surface area contributed by atoms with Gasteiger partial charge in [-0.1, -0.05) is 9.61 Å². The molecule has 0 aliphatic heterocycles. The monoisotopic (exact) mass is 349 g/mol. The van der Waals surface area contributed by atoms with Crippen molar-refractivity contribution in [1.82, 2.24) is 19.5 Å². The highest BCUT2D eigenvalue weighted by Gasteiger charge is 2.40. The number of halogens is 3. The molecule has 0 spiro atoms. The van der Waals surface area contributed by atoms with Crippen LogP contribution in [0, 0.1) is 10.1 Å². The van der Waals surface area contributed by atoms with E-state index in [-0.39, 0.29) is 23.8 Å². The number of thioether (sulfide) groups is 1. The number of carbonyl (C=O) groups excluding carboxylic acids is 1. The lowest BCUT2D eigenvalue weighted by atomic mass is 10.5. The molecule has 0 aromatic carbocycles. The van der Waals surface area contributed by atoms with E-state index in [4.69, 9.17) is 0 Å². The van der Waals surface area contributed by atoms with Gasteiger partial charge in [0, 0.05) is 25.4 Å². The molecular weight excluding hydrogens is 339 g/mol. The Bertz CT molecular complexity index is 748. The van der Waals surface area contributed by atoms with Crippen LogP contribution in [0.25, 0.3) is 5.65 Å². The topological polar surface area (TPSA) is 93.6 Å². The van der Waals surface area contributed by atoms with Crippen molar-refractivity contribution in [2.45, 2.75) is 11.2 Å². The van der Waals surface area contributed by atoms with Crippen LogP contribution < -0.4 is 0 Å². The predicted octanol–water partition coefficient (Wildman–Crippen LogP) is 1.75. The van der Waals surface area contributed by atoms with Gasteiger partial charge in [-0.25, -0.2) is 4.98 Å². The Kier molecular flexibility index (Phi) is 4.73. The summed E-state index contributed by atoms with van der Waals surface area (Å²) in [5, 5.41) is 15.2. The third-order valence-corrected chi connectivity index (χ3v) is 3.67. The Labute approximate surface area is 131 Å². The van der Waals surface area contributed by atoms with Gasteiger partial charge in [-0.15, -0.1) is 11.8 Å². The van der Waals surface area contributed by atoms with Crippen LogP contribution in [0.3, 0.4) is 0 Å². The second kappa shape index (κ2) is 6.40. The molecular formula is C11H10F3N5O3S. The fourth-order valence-electron chi connectivity index (χ4n) is 1.65. The highest BCUT2D eigenvalue weighted by molar-refractivity contribution is 7.99. The van der Waals surface area contributed by atoms with Crippen molar-refractivity contribution in [1.29, 1.82) is 0 Å². The first-order chi connectivity index (χ1) is 10.7. The zero-order valence-electron chi connectivity index (χ0n) is 11.6. The molecule has 12 heteroatoms. The van der Waals surface area contributed by atoms with Crippen molar-refractivity contribution < 1.29 is 22.9 Å². The second-order valence-corrected chi connectivity index (χ2v) is 5.50. The molecule has 23 heavy (non-hydrogen) atoms. The van der Waals surface area contributed by atoms with Gasteiger partial charge in [-0.05, 0) is 11.0 Å². The molecule has 2 aromatic heterocycles. The van der Waals surface area contributed by atoms with Crippen molar-refractivity contribution in [2.24, 2.45) is 0 Å². The number of nitrogens with zero attached hydrogens (tertiary/aromatic N) is 5. The van der Waals surface area contributed by atoms with Gasteiger partial charge in [-0.2, -0.15) is 13.2 Å². The Hall–Kier alpha value is -2.37. The summed E-state index contributed by atoms with van der Waals surface area (Å²) in [6.45, 7) is -0.144. The van der Waals surface area contributed by atoms with Crippen molar-refractivity contribution in [2.75, 3.05) is 19.3 Å². The Morgan fingerprint density at radius 3 is 2.78 bits per heavy atom. The molecule has 2 heterocycles. The van der Waals surface area contributed by atoms with Gasteiger partial charge in [0.25, 0.3) is 0 Å². The minimum absolute atomic E-state index is 0.144. The summed E-state index contributed by atoms with van der Waals surface area (Å²) < 4.78 is 37.7. The maximum atomic E-state index is 12.2. The fourth-order valence-corrected chi connectivity index (χ4v) is 2.53. The summed E-state index contributed by atoms with van der Waals surface area (Å²) in [6, 6.07) is 3.05. The Morgan fingerprint density at radius 1 is 1.48 bits per heavy atom. The number of amides is 1. The molecule has 2 rings (SSSR count). The maximum Gasteiger partial charge on any atom is 0.471 e. The highest BCUT2D eigenvalue weighted by Crippen LogP contribution is 2.21. The molecule has 0 atom stereocenters. The van der Waals surface area contributed by atoms with Gasteiger partial charge in [0.05, 0.1) is 0 Å². The summed E-state index contributed by atoms with van der Waals surface area (Å²) in [5.74, 6) is -2.09. The lowest BCUT2D eigenvalue weighted by Gasteiger charge is -2.17. The average molecular weight is 349 g/mol. The number of carbonyl (C=O) groups is 1. The highest BCUT2D eigenvalue weighted by atomic mass is 32.2. The first kappa shape index (κ1) is 17.0. The normalized spacial score (nSPS) is 11.7. The van der Waals surface area contributed by atoms with Gasteiger partial charge in [-0.3, -0.25) is 4.79 Å². The Morgan fingerprint density at radius 2 is 2.17 bits per heavy atom. The smallest absolute Gasteiger partial charge is 0.358 e. The summed E-state index contributed by atoms with van der Waals surface area (Å²) >= 11 is 1.07. The molecule has 0 aliphatic carbocycles. The molecule has 124 valence electrons. The van der Waals surface area contributed by atoms with Crippen LogP contribution in [0.4, 0.5) is 19.0 Å². The fraction of sp³-hybridized carbons (Fsp3) is 0.364. The zero-order chi connectivity index (χ0) is 17.2. The Balaban J connectivity index is 2.01. The van der Waals surface area contributed by atoms with Gasteiger partial charge in [0.2, 0.25) is 5.65 Å². The van der Waals surface area contributed by atoms with E-state index in [0.717, 1.165) is 29.5 Å². The maximum absolute atomic E-state index is 12.2. The van der Waals surface area contributed by atoms with Crippen LogP contribution in [0.1, 0.15) is 0 Å². The molecule has 0 bridgehead atoms. The molecule has 0 aliphatic rings. The molecule has 0 unspecified atom stereocenters. The number of aromatic nitrogens is 3. The van der Waals surface area contributed by atoms with E-state index in [1.807, 2.05) is 0 Å². The minimum atomic E-state index is -4.91. The van der Waals surface area contributed by atoms with E-state index >= 15 is 0 Å². The van der Waals surface area contributed by atoms with Crippen LogP contribution >= 0.6 is 11.8 Å². The van der Waals surface area contributed by atoms with Crippen LogP contribution in [0.15, 0.2) is 23.4 Å². The number of hydrogen-bond acceptors (Lipinski definition) is 6. The summed E-state index contributed by atoms with van der Waals surface area (Å²) in [5.41, 5.74) is 0.283. The van der Waals surface area contributed by atoms with Crippen molar-refractivity contribution >= 4 is 29.1 Å². The number of alkyl halides is 3. The molecule has 0 N–H and O–H groups in total. The van der Waals surface area contributed by atoms with E-state index in [1.54, 1.807) is 6.07 Å². The number of imidazole rings is 1. The van der Waals surface area contributed by atoms with E-state index < -0.39 is 17.0 Å². The molecule has 0 fully saturated rings. The second-order valence-electron chi connectivity index (χ2n) is 4.39. The number of nitro groups is 1. The van der Waals surface area contributed by atoms with E-state index in [1.165, 1.54) is 6.07 Å². The first-order valence-corrected chi connectivity index (χ1v) is 7.13. The van der Waals surface area contributed by atoms with E-state index in [2.05, 4.69) is 10.1 Å². The molecule has 0 radical (unpaired) electrons. The van der Waals surface area contributed by atoms with E-state index in [9.17, 15) is 28.1 Å². The molecule has 2 aromatic rings. The van der Waals surface area contributed by atoms with Crippen LogP contribution in [-0.2, 0) is 4.79 Å². The minimum Gasteiger partial charge on any atom is -0.358 e. The third-order valence-electron chi connectivity index (χ3n) is 2.77. The molecule has 0 saturated carbocycles. The first-order valence-electron chi connectivity index (χ1n) is 6.14. The van der Waals surface area contributed by atoms with E-state index in [0.29, 0.717) is 9.93 Å². The zero-order valence-corrected chi connectivity index (χ0v) is 12.5. The quantitative estimate of drug-likeness (QED) is 0.464. The average Bonchev–Trinajstić information content (AvgIpc) is 2.88. The van der Waals surface area contributed by atoms with Gasteiger partial charge < -0.3 is 15.0 Å². The third kappa shape index (κ3) is 3.88. The van der Waals surface area contributed by atoms with Crippen molar-refractivity contribution in [3.8, 4) is 0 Å². The standard InChI is InChI=1S/C11H10F3N5O3S/c1-17(10(20)11(12,13)14)4-5-23-8-3-2-7-15-6-9(19(21)22)18(7)16-8/h2-3,6H,4-5H2,1H3. The van der Waals surface area contributed by atoms with Crippen molar-refractivity contribution in [3.05, 3.63) is 28.4 Å². The number of rotatable bonds is 5. The number of hydrogen-bond donors (Lipinski definition) is 0.